The maximum Gasteiger partial charge on any atom is 0.311 e. The quantitative estimate of drug-likeness (QED) is 0.889. The van der Waals surface area contributed by atoms with Gasteiger partial charge in [0.15, 0.2) is 0 Å². The maximum atomic E-state index is 12.6. The van der Waals surface area contributed by atoms with E-state index in [4.69, 9.17) is 0 Å². The highest BCUT2D eigenvalue weighted by atomic mass is 16.4. The van der Waals surface area contributed by atoms with Crippen molar-refractivity contribution in [2.24, 2.45) is 5.41 Å². The third-order valence-electron chi connectivity index (χ3n) is 4.87. The topological polar surface area (TPSA) is 69.6 Å². The highest BCUT2D eigenvalue weighted by Crippen LogP contribution is 2.35. The summed E-state index contributed by atoms with van der Waals surface area (Å²) in [5.41, 5.74) is 1.39. The number of carbonyl (C=O) groups excluding carboxylic acids is 1. The second-order valence-electron chi connectivity index (χ2n) is 6.01. The molecule has 21 heavy (non-hydrogen) atoms. The number of likely N-dealkylation sites (tertiary alicyclic amines) is 1. The molecule has 2 aliphatic rings. The smallest absolute Gasteiger partial charge is 0.311 e. The van der Waals surface area contributed by atoms with Crippen LogP contribution in [0.4, 0.5) is 5.69 Å². The van der Waals surface area contributed by atoms with Crippen molar-refractivity contribution >= 4 is 17.6 Å². The first-order valence-electron chi connectivity index (χ1n) is 7.42. The van der Waals surface area contributed by atoms with Gasteiger partial charge in [-0.2, -0.15) is 0 Å². The molecule has 0 aliphatic carbocycles. The van der Waals surface area contributed by atoms with Crippen molar-refractivity contribution in [3.05, 3.63) is 29.8 Å². The number of hydrogen-bond donors (Lipinski definition) is 2. The number of para-hydroxylation sites is 1. The van der Waals surface area contributed by atoms with Gasteiger partial charge in [-0.3, -0.25) is 9.59 Å². The molecule has 112 valence electrons. The van der Waals surface area contributed by atoms with Gasteiger partial charge in [-0.1, -0.05) is 25.1 Å². The van der Waals surface area contributed by atoms with Crippen LogP contribution in [0.15, 0.2) is 24.3 Å². The Labute approximate surface area is 123 Å². The molecule has 0 radical (unpaired) electrons. The summed E-state index contributed by atoms with van der Waals surface area (Å²) >= 11 is 0. The summed E-state index contributed by atoms with van der Waals surface area (Å²) < 4.78 is 0. The number of carboxylic acids is 1. The van der Waals surface area contributed by atoms with Crippen LogP contribution in [0.5, 0.6) is 0 Å². The van der Waals surface area contributed by atoms with Gasteiger partial charge < -0.3 is 15.3 Å². The van der Waals surface area contributed by atoms with E-state index in [1.165, 1.54) is 0 Å². The number of rotatable bonds is 3. The SMILES string of the molecule is CCC1(C(=O)O)CCN(C(=O)C2Cc3ccccc3N2)C1. The molecule has 2 heterocycles. The van der Waals surface area contributed by atoms with E-state index < -0.39 is 11.4 Å². The Balaban J connectivity index is 1.70. The van der Waals surface area contributed by atoms with Gasteiger partial charge in [0.2, 0.25) is 5.91 Å². The minimum Gasteiger partial charge on any atom is -0.481 e. The molecule has 2 atom stereocenters. The van der Waals surface area contributed by atoms with Crippen LogP contribution in [-0.4, -0.2) is 41.0 Å². The summed E-state index contributed by atoms with van der Waals surface area (Å²) in [6.45, 7) is 2.74. The van der Waals surface area contributed by atoms with E-state index in [1.54, 1.807) is 4.90 Å². The van der Waals surface area contributed by atoms with Gasteiger partial charge in [-0.15, -0.1) is 0 Å². The summed E-state index contributed by atoms with van der Waals surface area (Å²) in [7, 11) is 0. The number of anilines is 1. The van der Waals surface area contributed by atoms with Gasteiger partial charge in [0.05, 0.1) is 5.41 Å². The van der Waals surface area contributed by atoms with Gasteiger partial charge >= 0.3 is 5.97 Å². The number of hydrogen-bond acceptors (Lipinski definition) is 3. The normalized spacial score (nSPS) is 27.3. The molecule has 0 aromatic heterocycles. The van der Waals surface area contributed by atoms with Crippen molar-refractivity contribution in [2.45, 2.75) is 32.2 Å². The number of carbonyl (C=O) groups is 2. The minimum absolute atomic E-state index is 0.0165. The summed E-state index contributed by atoms with van der Waals surface area (Å²) in [4.78, 5) is 25.8. The van der Waals surface area contributed by atoms with Crippen LogP contribution in [0.25, 0.3) is 0 Å². The lowest BCUT2D eigenvalue weighted by molar-refractivity contribution is -0.148. The molecule has 2 unspecified atom stereocenters. The van der Waals surface area contributed by atoms with Crippen LogP contribution in [0, 0.1) is 5.41 Å². The Morgan fingerprint density at radius 2 is 2.19 bits per heavy atom. The summed E-state index contributed by atoms with van der Waals surface area (Å²) in [6.07, 6.45) is 1.78. The van der Waals surface area contributed by atoms with E-state index >= 15 is 0 Å². The summed E-state index contributed by atoms with van der Waals surface area (Å²) in [5, 5.41) is 12.7. The fourth-order valence-corrected chi connectivity index (χ4v) is 3.34. The van der Waals surface area contributed by atoms with Crippen LogP contribution in [0.3, 0.4) is 0 Å². The highest BCUT2D eigenvalue weighted by Gasteiger charge is 2.46. The van der Waals surface area contributed by atoms with E-state index in [0.717, 1.165) is 11.3 Å². The van der Waals surface area contributed by atoms with Gasteiger partial charge in [0.25, 0.3) is 0 Å². The molecule has 2 aliphatic heterocycles. The molecule has 1 aromatic rings. The Hall–Kier alpha value is -2.04. The third kappa shape index (κ3) is 2.26. The minimum atomic E-state index is -0.789. The second kappa shape index (κ2) is 5.06. The lowest BCUT2D eigenvalue weighted by Gasteiger charge is -2.25. The number of fused-ring (bicyclic) bond motifs is 1. The maximum absolute atomic E-state index is 12.6. The van der Waals surface area contributed by atoms with Crippen LogP contribution < -0.4 is 5.32 Å². The van der Waals surface area contributed by atoms with Crippen LogP contribution >= 0.6 is 0 Å². The zero-order chi connectivity index (χ0) is 15.0. The number of nitrogens with zero attached hydrogens (tertiary/aromatic N) is 1. The van der Waals surface area contributed by atoms with Crippen LogP contribution in [-0.2, 0) is 16.0 Å². The van der Waals surface area contributed by atoms with Crippen molar-refractivity contribution in [2.75, 3.05) is 18.4 Å². The average molecular weight is 288 g/mol. The molecule has 1 aromatic carbocycles. The van der Waals surface area contributed by atoms with Crippen LogP contribution in [0.1, 0.15) is 25.3 Å². The molecule has 1 saturated heterocycles. The molecular formula is C16H20N2O3. The van der Waals surface area contributed by atoms with Crippen molar-refractivity contribution < 1.29 is 14.7 Å². The molecule has 2 N–H and O–H groups in total. The van der Waals surface area contributed by atoms with Crippen molar-refractivity contribution in [3.8, 4) is 0 Å². The lowest BCUT2D eigenvalue weighted by Crippen LogP contribution is -2.43. The molecule has 0 bridgehead atoms. The van der Waals surface area contributed by atoms with Crippen molar-refractivity contribution in [3.63, 3.8) is 0 Å². The molecule has 0 spiro atoms. The van der Waals surface area contributed by atoms with E-state index in [9.17, 15) is 14.7 Å². The van der Waals surface area contributed by atoms with Crippen molar-refractivity contribution in [1.82, 2.24) is 4.90 Å². The first-order chi connectivity index (χ1) is 10.1. The van der Waals surface area contributed by atoms with E-state index in [0.29, 0.717) is 32.4 Å². The van der Waals surface area contributed by atoms with E-state index in [1.807, 2.05) is 31.2 Å². The standard InChI is InChI=1S/C16H20N2O3/c1-2-16(15(20)21)7-8-18(10-16)14(19)13-9-11-5-3-4-6-12(11)17-13/h3-6,13,17H,2,7-10H2,1H3,(H,20,21). The predicted octanol–water partition coefficient (Wildman–Crippen LogP) is 1.74. The van der Waals surface area contributed by atoms with Gasteiger partial charge in [0, 0.05) is 25.2 Å². The second-order valence-corrected chi connectivity index (χ2v) is 6.01. The summed E-state index contributed by atoms with van der Waals surface area (Å²) in [6, 6.07) is 7.65. The average Bonchev–Trinajstić information content (AvgIpc) is 3.11. The molecule has 5 nitrogen and oxygen atoms in total. The molecule has 1 fully saturated rings. The molecular weight excluding hydrogens is 268 g/mol. The predicted molar refractivity (Wildman–Crippen MR) is 79.1 cm³/mol. The lowest BCUT2D eigenvalue weighted by atomic mass is 9.84. The van der Waals surface area contributed by atoms with Gasteiger partial charge in [-0.05, 0) is 24.5 Å². The zero-order valence-electron chi connectivity index (χ0n) is 12.1. The Morgan fingerprint density at radius 1 is 1.43 bits per heavy atom. The first-order valence-corrected chi connectivity index (χ1v) is 7.42. The zero-order valence-corrected chi connectivity index (χ0v) is 12.1. The number of nitrogens with one attached hydrogen (secondary N) is 1. The van der Waals surface area contributed by atoms with E-state index in [2.05, 4.69) is 5.32 Å². The van der Waals surface area contributed by atoms with Gasteiger partial charge in [-0.25, -0.2) is 0 Å². The molecule has 3 rings (SSSR count). The van der Waals surface area contributed by atoms with Crippen LogP contribution in [0.2, 0.25) is 0 Å². The van der Waals surface area contributed by atoms with E-state index in [-0.39, 0.29) is 11.9 Å². The Bertz CT molecular complexity index is 562. The number of aliphatic carboxylic acids is 1. The number of carboxylic acid groups (broad SMARTS) is 1. The molecule has 5 heteroatoms. The fourth-order valence-electron chi connectivity index (χ4n) is 3.34. The third-order valence-corrected chi connectivity index (χ3v) is 4.87. The Morgan fingerprint density at radius 3 is 2.81 bits per heavy atom. The molecule has 0 saturated carbocycles. The number of benzene rings is 1. The monoisotopic (exact) mass is 288 g/mol. The molecule has 1 amide bonds. The Kier molecular flexibility index (Phi) is 3.35. The number of amides is 1. The van der Waals surface area contributed by atoms with Gasteiger partial charge in [0.1, 0.15) is 6.04 Å². The largest absolute Gasteiger partial charge is 0.481 e. The highest BCUT2D eigenvalue weighted by molar-refractivity contribution is 5.88. The summed E-state index contributed by atoms with van der Waals surface area (Å²) in [5.74, 6) is -0.772. The fraction of sp³-hybridized carbons (Fsp3) is 0.500. The first kappa shape index (κ1) is 13.9. The van der Waals surface area contributed by atoms with Crippen molar-refractivity contribution in [1.29, 1.82) is 0 Å².